The minimum Gasteiger partial charge on any atom is -0.507 e. The molecule has 0 aliphatic rings. The van der Waals surface area contributed by atoms with Crippen molar-refractivity contribution in [2.75, 3.05) is 14.2 Å². The highest BCUT2D eigenvalue weighted by Crippen LogP contribution is 2.32. The number of ether oxygens (including phenoxy) is 2. The molecular formula is C15H14O4. The highest BCUT2D eigenvalue weighted by atomic mass is 16.5. The maximum atomic E-state index is 11.5. The lowest BCUT2D eigenvalue weighted by atomic mass is 10.0. The first-order chi connectivity index (χ1) is 9.15. The van der Waals surface area contributed by atoms with Crippen molar-refractivity contribution in [2.24, 2.45) is 0 Å². The number of hydrogen-bond donors (Lipinski definition) is 1. The lowest BCUT2D eigenvalue weighted by Gasteiger charge is -2.08. The van der Waals surface area contributed by atoms with Crippen molar-refractivity contribution in [1.29, 1.82) is 0 Å². The summed E-state index contributed by atoms with van der Waals surface area (Å²) in [6.45, 7) is 0. The van der Waals surface area contributed by atoms with E-state index in [1.807, 2.05) is 0 Å². The third-order valence-electron chi connectivity index (χ3n) is 2.80. The molecule has 0 heterocycles. The third-order valence-corrected chi connectivity index (χ3v) is 2.80. The predicted molar refractivity (Wildman–Crippen MR) is 71.4 cm³/mol. The van der Waals surface area contributed by atoms with Crippen LogP contribution in [0.15, 0.2) is 42.5 Å². The van der Waals surface area contributed by atoms with Crippen LogP contribution in [0, 0.1) is 0 Å². The van der Waals surface area contributed by atoms with Crippen LogP contribution in [0.5, 0.6) is 11.5 Å². The second-order valence-corrected chi connectivity index (χ2v) is 3.96. The van der Waals surface area contributed by atoms with Gasteiger partial charge in [0.15, 0.2) is 0 Å². The number of phenols is 1. The number of aromatic hydroxyl groups is 1. The van der Waals surface area contributed by atoms with Gasteiger partial charge in [0.25, 0.3) is 0 Å². The SMILES string of the molecule is COC(=O)c1cccc(-c2cc(OC)ccc2O)c1. The number of phenolic OH excluding ortho intramolecular Hbond substituents is 1. The van der Waals surface area contributed by atoms with Crippen LogP contribution < -0.4 is 4.74 Å². The third kappa shape index (κ3) is 2.68. The van der Waals surface area contributed by atoms with E-state index in [0.29, 0.717) is 16.9 Å². The molecule has 98 valence electrons. The summed E-state index contributed by atoms with van der Waals surface area (Å²) in [4.78, 5) is 11.5. The van der Waals surface area contributed by atoms with Gasteiger partial charge in [0.2, 0.25) is 0 Å². The van der Waals surface area contributed by atoms with Crippen molar-refractivity contribution >= 4 is 5.97 Å². The number of carbonyl (C=O) groups excluding carboxylic acids is 1. The van der Waals surface area contributed by atoms with Crippen LogP contribution in [0.25, 0.3) is 11.1 Å². The zero-order chi connectivity index (χ0) is 13.8. The maximum Gasteiger partial charge on any atom is 0.337 e. The second kappa shape index (κ2) is 5.44. The zero-order valence-electron chi connectivity index (χ0n) is 10.7. The van der Waals surface area contributed by atoms with Gasteiger partial charge in [-0.25, -0.2) is 4.79 Å². The summed E-state index contributed by atoms with van der Waals surface area (Å²) in [5.74, 6) is 0.350. The van der Waals surface area contributed by atoms with Crippen molar-refractivity contribution in [1.82, 2.24) is 0 Å². The van der Waals surface area contributed by atoms with Crippen LogP contribution in [0.3, 0.4) is 0 Å². The molecule has 4 heteroatoms. The Kier molecular flexibility index (Phi) is 3.71. The van der Waals surface area contributed by atoms with Crippen LogP contribution >= 0.6 is 0 Å². The van der Waals surface area contributed by atoms with E-state index in [9.17, 15) is 9.90 Å². The number of carbonyl (C=O) groups is 1. The summed E-state index contributed by atoms with van der Waals surface area (Å²) in [6.07, 6.45) is 0. The van der Waals surface area contributed by atoms with Gasteiger partial charge in [-0.1, -0.05) is 12.1 Å². The molecule has 0 aliphatic heterocycles. The Morgan fingerprint density at radius 1 is 1.11 bits per heavy atom. The summed E-state index contributed by atoms with van der Waals surface area (Å²) in [7, 11) is 2.89. The number of hydrogen-bond acceptors (Lipinski definition) is 4. The average Bonchev–Trinajstić information content (AvgIpc) is 2.47. The predicted octanol–water partition coefficient (Wildman–Crippen LogP) is 2.85. The van der Waals surface area contributed by atoms with Gasteiger partial charge < -0.3 is 14.6 Å². The van der Waals surface area contributed by atoms with E-state index in [1.54, 1.807) is 49.6 Å². The van der Waals surface area contributed by atoms with Crippen molar-refractivity contribution in [2.45, 2.75) is 0 Å². The highest BCUT2D eigenvalue weighted by molar-refractivity contribution is 5.91. The van der Waals surface area contributed by atoms with Gasteiger partial charge in [-0.15, -0.1) is 0 Å². The van der Waals surface area contributed by atoms with Crippen LogP contribution in [0.1, 0.15) is 10.4 Å². The fraction of sp³-hybridized carbons (Fsp3) is 0.133. The summed E-state index contributed by atoms with van der Waals surface area (Å²) in [5, 5.41) is 9.90. The second-order valence-electron chi connectivity index (χ2n) is 3.96. The van der Waals surface area contributed by atoms with E-state index >= 15 is 0 Å². The van der Waals surface area contributed by atoms with E-state index < -0.39 is 5.97 Å². The molecule has 1 N–H and O–H groups in total. The quantitative estimate of drug-likeness (QED) is 0.860. The molecule has 4 nitrogen and oxygen atoms in total. The fourth-order valence-electron chi connectivity index (χ4n) is 1.80. The Hall–Kier alpha value is -2.49. The molecule has 0 fully saturated rings. The molecule has 0 atom stereocenters. The van der Waals surface area contributed by atoms with Gasteiger partial charge in [0.1, 0.15) is 11.5 Å². The Labute approximate surface area is 111 Å². The van der Waals surface area contributed by atoms with Crippen LogP contribution in [-0.4, -0.2) is 25.3 Å². The molecular weight excluding hydrogens is 244 g/mol. The van der Waals surface area contributed by atoms with Crippen molar-refractivity contribution in [3.63, 3.8) is 0 Å². The summed E-state index contributed by atoms with van der Waals surface area (Å²) >= 11 is 0. The summed E-state index contributed by atoms with van der Waals surface area (Å²) in [5.41, 5.74) is 1.76. The Bertz CT molecular complexity index is 605. The number of rotatable bonds is 3. The van der Waals surface area contributed by atoms with Crippen molar-refractivity contribution < 1.29 is 19.4 Å². The molecule has 0 aromatic heterocycles. The van der Waals surface area contributed by atoms with Crippen molar-refractivity contribution in [3.05, 3.63) is 48.0 Å². The minimum absolute atomic E-state index is 0.128. The Morgan fingerprint density at radius 2 is 1.89 bits per heavy atom. The van der Waals surface area contributed by atoms with Gasteiger partial charge >= 0.3 is 5.97 Å². The Morgan fingerprint density at radius 3 is 2.58 bits per heavy atom. The summed E-state index contributed by atoms with van der Waals surface area (Å²) < 4.78 is 9.80. The average molecular weight is 258 g/mol. The minimum atomic E-state index is -0.413. The molecule has 2 rings (SSSR count). The lowest BCUT2D eigenvalue weighted by Crippen LogP contribution is -2.00. The number of methoxy groups -OCH3 is 2. The van der Waals surface area contributed by atoms with Crippen LogP contribution in [0.2, 0.25) is 0 Å². The number of esters is 1. The number of benzene rings is 2. The van der Waals surface area contributed by atoms with Gasteiger partial charge in [-0.05, 0) is 35.9 Å². The van der Waals surface area contributed by atoms with Crippen LogP contribution in [-0.2, 0) is 4.74 Å². The topological polar surface area (TPSA) is 55.8 Å². The van der Waals surface area contributed by atoms with Gasteiger partial charge in [0.05, 0.1) is 19.8 Å². The zero-order valence-corrected chi connectivity index (χ0v) is 10.7. The standard InChI is InChI=1S/C15H14O4/c1-18-12-6-7-14(16)13(9-12)10-4-3-5-11(8-10)15(17)19-2/h3-9,16H,1-2H3. The molecule has 0 unspecified atom stereocenters. The summed E-state index contributed by atoms with van der Waals surface area (Å²) in [6, 6.07) is 11.8. The molecule has 0 saturated carbocycles. The molecule has 0 spiro atoms. The van der Waals surface area contributed by atoms with E-state index in [2.05, 4.69) is 4.74 Å². The maximum absolute atomic E-state index is 11.5. The molecule has 0 aliphatic carbocycles. The van der Waals surface area contributed by atoms with E-state index in [1.165, 1.54) is 7.11 Å². The van der Waals surface area contributed by atoms with Crippen LogP contribution in [0.4, 0.5) is 0 Å². The van der Waals surface area contributed by atoms with Crippen molar-refractivity contribution in [3.8, 4) is 22.6 Å². The molecule has 0 saturated heterocycles. The Balaban J connectivity index is 2.49. The first kappa shape index (κ1) is 13.0. The van der Waals surface area contributed by atoms with Gasteiger partial charge in [0, 0.05) is 5.56 Å². The largest absolute Gasteiger partial charge is 0.507 e. The first-order valence-corrected chi connectivity index (χ1v) is 5.71. The van der Waals surface area contributed by atoms with Gasteiger partial charge in [-0.3, -0.25) is 0 Å². The van der Waals surface area contributed by atoms with E-state index in [4.69, 9.17) is 4.74 Å². The molecule has 0 bridgehead atoms. The monoisotopic (exact) mass is 258 g/mol. The molecule has 0 amide bonds. The van der Waals surface area contributed by atoms with E-state index in [0.717, 1.165) is 5.56 Å². The first-order valence-electron chi connectivity index (χ1n) is 5.71. The molecule has 19 heavy (non-hydrogen) atoms. The highest BCUT2D eigenvalue weighted by Gasteiger charge is 2.10. The molecule has 2 aromatic rings. The van der Waals surface area contributed by atoms with E-state index in [-0.39, 0.29) is 5.75 Å². The smallest absolute Gasteiger partial charge is 0.337 e. The molecule has 0 radical (unpaired) electrons. The fourth-order valence-corrected chi connectivity index (χ4v) is 1.80. The van der Waals surface area contributed by atoms with Gasteiger partial charge in [-0.2, -0.15) is 0 Å². The molecule has 2 aromatic carbocycles. The normalized spacial score (nSPS) is 10.0. The lowest BCUT2D eigenvalue weighted by molar-refractivity contribution is 0.0601.